The molecule has 1 aromatic carbocycles. The molecule has 0 fully saturated rings. The van der Waals surface area contributed by atoms with Gasteiger partial charge in [0.05, 0.1) is 18.6 Å². The standard InChI is InChI=1S/C14H14FNO4/c1-2-19-14(18)6-4-11(17)9-20-12-5-3-10(8-16)13(15)7-12/h3,5,7H,2,4,6,9H2,1H3. The second kappa shape index (κ2) is 7.89. The van der Waals surface area contributed by atoms with Crippen molar-refractivity contribution in [1.29, 1.82) is 5.26 Å². The number of rotatable bonds is 7. The van der Waals surface area contributed by atoms with Crippen molar-refractivity contribution in [3.05, 3.63) is 29.6 Å². The molecule has 0 saturated heterocycles. The van der Waals surface area contributed by atoms with Crippen molar-refractivity contribution in [1.82, 2.24) is 0 Å². The third-order valence-electron chi connectivity index (χ3n) is 2.37. The summed E-state index contributed by atoms with van der Waals surface area (Å²) < 4.78 is 23.0. The van der Waals surface area contributed by atoms with Gasteiger partial charge in [-0.05, 0) is 19.1 Å². The van der Waals surface area contributed by atoms with Gasteiger partial charge in [0.2, 0.25) is 0 Å². The first-order valence-electron chi connectivity index (χ1n) is 6.06. The van der Waals surface area contributed by atoms with Crippen molar-refractivity contribution in [3.8, 4) is 11.8 Å². The molecule has 0 aliphatic carbocycles. The number of ether oxygens (including phenoxy) is 2. The SMILES string of the molecule is CCOC(=O)CCC(=O)COc1ccc(C#N)c(F)c1. The molecule has 1 aromatic rings. The van der Waals surface area contributed by atoms with E-state index in [0.717, 1.165) is 6.07 Å². The van der Waals surface area contributed by atoms with Gasteiger partial charge in [-0.2, -0.15) is 5.26 Å². The Morgan fingerprint density at radius 2 is 2.10 bits per heavy atom. The van der Waals surface area contributed by atoms with Crippen molar-refractivity contribution in [3.63, 3.8) is 0 Å². The minimum atomic E-state index is -0.705. The average molecular weight is 279 g/mol. The lowest BCUT2D eigenvalue weighted by Gasteiger charge is -2.06. The smallest absolute Gasteiger partial charge is 0.306 e. The Kier molecular flexibility index (Phi) is 6.17. The maximum atomic E-state index is 13.3. The number of hydrogen-bond donors (Lipinski definition) is 0. The molecule has 0 radical (unpaired) electrons. The molecule has 0 spiro atoms. The summed E-state index contributed by atoms with van der Waals surface area (Å²) in [6.07, 6.45) is 0.00928. The molecule has 106 valence electrons. The molecule has 0 saturated carbocycles. The minimum absolute atomic E-state index is 0.00222. The molecule has 0 aliphatic rings. The third kappa shape index (κ3) is 5.06. The molecule has 1 rings (SSSR count). The summed E-state index contributed by atoms with van der Waals surface area (Å²) in [5.74, 6) is -1.27. The molecule has 0 N–H and O–H groups in total. The lowest BCUT2D eigenvalue weighted by atomic mass is 10.2. The zero-order chi connectivity index (χ0) is 15.0. The van der Waals surface area contributed by atoms with Crippen LogP contribution in [0, 0.1) is 17.1 Å². The lowest BCUT2D eigenvalue weighted by molar-refractivity contribution is -0.144. The van der Waals surface area contributed by atoms with E-state index in [-0.39, 0.29) is 43.2 Å². The highest BCUT2D eigenvalue weighted by molar-refractivity contribution is 5.84. The van der Waals surface area contributed by atoms with Crippen LogP contribution in [0.2, 0.25) is 0 Å². The van der Waals surface area contributed by atoms with Gasteiger partial charge >= 0.3 is 5.97 Å². The number of nitriles is 1. The van der Waals surface area contributed by atoms with Crippen LogP contribution in [0.5, 0.6) is 5.75 Å². The summed E-state index contributed by atoms with van der Waals surface area (Å²) in [6.45, 7) is 1.70. The number of benzene rings is 1. The Morgan fingerprint density at radius 3 is 2.70 bits per heavy atom. The predicted molar refractivity (Wildman–Crippen MR) is 67.5 cm³/mol. The summed E-state index contributed by atoms with van der Waals surface area (Å²) >= 11 is 0. The summed E-state index contributed by atoms with van der Waals surface area (Å²) in [6, 6.07) is 5.40. The van der Waals surface area contributed by atoms with Crippen LogP contribution in [-0.2, 0) is 14.3 Å². The largest absolute Gasteiger partial charge is 0.486 e. The Labute approximate surface area is 115 Å². The monoisotopic (exact) mass is 279 g/mol. The Bertz CT molecular complexity index is 536. The summed E-state index contributed by atoms with van der Waals surface area (Å²) in [5, 5.41) is 8.56. The fraction of sp³-hybridized carbons (Fsp3) is 0.357. The van der Waals surface area contributed by atoms with E-state index in [0.29, 0.717) is 0 Å². The van der Waals surface area contributed by atoms with Crippen LogP contribution in [0.25, 0.3) is 0 Å². The molecular weight excluding hydrogens is 265 g/mol. The van der Waals surface area contributed by atoms with E-state index in [1.165, 1.54) is 12.1 Å². The van der Waals surface area contributed by atoms with Gasteiger partial charge in [0.15, 0.2) is 5.78 Å². The van der Waals surface area contributed by atoms with Crippen molar-refractivity contribution >= 4 is 11.8 Å². The number of carbonyl (C=O) groups excluding carboxylic acids is 2. The Morgan fingerprint density at radius 1 is 1.35 bits per heavy atom. The summed E-state index contributed by atoms with van der Waals surface area (Å²) in [4.78, 5) is 22.5. The first-order valence-corrected chi connectivity index (χ1v) is 6.06. The molecule has 0 atom stereocenters. The molecule has 0 amide bonds. The van der Waals surface area contributed by atoms with Crippen LogP contribution in [-0.4, -0.2) is 25.0 Å². The molecular formula is C14H14FNO4. The zero-order valence-electron chi connectivity index (χ0n) is 11.0. The van der Waals surface area contributed by atoms with Crippen LogP contribution in [0.15, 0.2) is 18.2 Å². The van der Waals surface area contributed by atoms with Gasteiger partial charge in [-0.3, -0.25) is 9.59 Å². The van der Waals surface area contributed by atoms with E-state index >= 15 is 0 Å². The average Bonchev–Trinajstić information content (AvgIpc) is 2.43. The predicted octanol–water partition coefficient (Wildman–Crippen LogP) is 1.99. The molecule has 20 heavy (non-hydrogen) atoms. The number of esters is 1. The van der Waals surface area contributed by atoms with Crippen molar-refractivity contribution in [2.45, 2.75) is 19.8 Å². The van der Waals surface area contributed by atoms with Gasteiger partial charge in [-0.25, -0.2) is 4.39 Å². The normalized spacial score (nSPS) is 9.65. The van der Waals surface area contributed by atoms with E-state index in [2.05, 4.69) is 4.74 Å². The van der Waals surface area contributed by atoms with Crippen molar-refractivity contribution in [2.75, 3.05) is 13.2 Å². The van der Waals surface area contributed by atoms with Gasteiger partial charge in [-0.15, -0.1) is 0 Å². The first-order chi connectivity index (χ1) is 9.56. The minimum Gasteiger partial charge on any atom is -0.486 e. The quantitative estimate of drug-likeness (QED) is 0.713. The molecule has 0 bridgehead atoms. The van der Waals surface area contributed by atoms with Gasteiger partial charge in [0.1, 0.15) is 24.2 Å². The van der Waals surface area contributed by atoms with Gasteiger partial charge in [0, 0.05) is 12.5 Å². The van der Waals surface area contributed by atoms with E-state index in [1.807, 2.05) is 0 Å². The summed E-state index contributed by atoms with van der Waals surface area (Å²) in [5.41, 5.74) is -0.0917. The van der Waals surface area contributed by atoms with E-state index in [9.17, 15) is 14.0 Å². The molecule has 5 nitrogen and oxygen atoms in total. The topological polar surface area (TPSA) is 76.4 Å². The second-order valence-corrected chi connectivity index (χ2v) is 3.89. The highest BCUT2D eigenvalue weighted by Crippen LogP contribution is 2.16. The maximum absolute atomic E-state index is 13.3. The highest BCUT2D eigenvalue weighted by atomic mass is 19.1. The van der Waals surface area contributed by atoms with Crippen molar-refractivity contribution < 1.29 is 23.5 Å². The number of nitrogens with zero attached hydrogens (tertiary/aromatic N) is 1. The Hall–Kier alpha value is -2.42. The molecule has 0 heterocycles. The second-order valence-electron chi connectivity index (χ2n) is 3.89. The van der Waals surface area contributed by atoms with E-state index in [4.69, 9.17) is 10.00 Å². The third-order valence-corrected chi connectivity index (χ3v) is 2.37. The number of hydrogen-bond acceptors (Lipinski definition) is 5. The van der Waals surface area contributed by atoms with Crippen molar-refractivity contribution in [2.24, 2.45) is 0 Å². The number of ketones is 1. The number of carbonyl (C=O) groups is 2. The molecule has 0 aromatic heterocycles. The number of halogens is 1. The fourth-order valence-corrected chi connectivity index (χ4v) is 1.39. The molecule has 6 heteroatoms. The maximum Gasteiger partial charge on any atom is 0.306 e. The zero-order valence-corrected chi connectivity index (χ0v) is 11.0. The van der Waals surface area contributed by atoms with E-state index < -0.39 is 11.8 Å². The molecule has 0 aliphatic heterocycles. The van der Waals surface area contributed by atoms with Crippen LogP contribution in [0.3, 0.4) is 0 Å². The van der Waals surface area contributed by atoms with Gasteiger partial charge in [0.25, 0.3) is 0 Å². The first kappa shape index (κ1) is 15.6. The van der Waals surface area contributed by atoms with E-state index in [1.54, 1.807) is 13.0 Å². The summed E-state index contributed by atoms with van der Waals surface area (Å²) in [7, 11) is 0. The Balaban J connectivity index is 2.40. The van der Waals surface area contributed by atoms with Crippen LogP contribution >= 0.6 is 0 Å². The number of Topliss-reactive ketones (excluding diaryl/α,β-unsaturated/α-hetero) is 1. The van der Waals surface area contributed by atoms with Gasteiger partial charge in [-0.1, -0.05) is 0 Å². The van der Waals surface area contributed by atoms with Gasteiger partial charge < -0.3 is 9.47 Å². The van der Waals surface area contributed by atoms with Crippen LogP contribution in [0.1, 0.15) is 25.3 Å². The highest BCUT2D eigenvalue weighted by Gasteiger charge is 2.09. The fourth-order valence-electron chi connectivity index (χ4n) is 1.39. The van der Waals surface area contributed by atoms with Crippen LogP contribution < -0.4 is 4.74 Å². The van der Waals surface area contributed by atoms with Crippen LogP contribution in [0.4, 0.5) is 4.39 Å². The molecule has 0 unspecified atom stereocenters. The lowest BCUT2D eigenvalue weighted by Crippen LogP contribution is -2.14.